The first kappa shape index (κ1) is 29.4. The quantitative estimate of drug-likeness (QED) is 0.157. The third-order valence-corrected chi connectivity index (χ3v) is 7.78. The SMILES string of the molecule is CC(C)N(CCCCOS(N)(=O)=O)CCn1c(C(C2=COCO2)c2ccccc2I)nc2c(N)nc(F)nc21. The number of benzene rings is 1. The minimum atomic E-state index is -3.96. The van der Waals surface area contributed by atoms with Crippen molar-refractivity contribution >= 4 is 49.9 Å². The zero-order valence-electron chi connectivity index (χ0n) is 21.6. The molecule has 3 heterocycles. The predicted octanol–water partition coefficient (Wildman–Crippen LogP) is 2.84. The molecule has 1 aromatic carbocycles. The van der Waals surface area contributed by atoms with E-state index in [0.29, 0.717) is 49.6 Å². The third-order valence-electron chi connectivity index (χ3n) is 6.30. The van der Waals surface area contributed by atoms with Gasteiger partial charge in [-0.15, -0.1) is 0 Å². The lowest BCUT2D eigenvalue weighted by atomic mass is 9.96. The van der Waals surface area contributed by atoms with E-state index in [1.807, 2.05) is 28.8 Å². The summed E-state index contributed by atoms with van der Waals surface area (Å²) in [6.45, 7) is 5.91. The Morgan fingerprint density at radius 1 is 1.21 bits per heavy atom. The largest absolute Gasteiger partial charge is 0.462 e. The van der Waals surface area contributed by atoms with Gasteiger partial charge in [0.1, 0.15) is 23.8 Å². The topological polar surface area (TPSA) is 161 Å². The first-order chi connectivity index (χ1) is 18.5. The smallest absolute Gasteiger partial charge is 0.333 e. The second-order valence-electron chi connectivity index (χ2n) is 9.23. The molecule has 0 fully saturated rings. The molecule has 0 amide bonds. The monoisotopic (exact) mass is 675 g/mol. The van der Waals surface area contributed by atoms with Crippen LogP contribution in [0.2, 0.25) is 0 Å². The highest BCUT2D eigenvalue weighted by molar-refractivity contribution is 14.1. The Morgan fingerprint density at radius 3 is 2.64 bits per heavy atom. The highest BCUT2D eigenvalue weighted by Gasteiger charge is 2.32. The van der Waals surface area contributed by atoms with Crippen molar-refractivity contribution in [3.05, 3.63) is 57.3 Å². The van der Waals surface area contributed by atoms with E-state index in [1.165, 1.54) is 0 Å². The number of hydrogen-bond acceptors (Lipinski definition) is 10. The van der Waals surface area contributed by atoms with Crippen LogP contribution in [0.1, 0.15) is 44.0 Å². The van der Waals surface area contributed by atoms with Crippen LogP contribution in [0, 0.1) is 9.65 Å². The Morgan fingerprint density at radius 2 is 1.97 bits per heavy atom. The summed E-state index contributed by atoms with van der Waals surface area (Å²) in [5.74, 6) is 0.633. The number of fused-ring (bicyclic) bond motifs is 1. The van der Waals surface area contributed by atoms with Gasteiger partial charge in [0, 0.05) is 22.7 Å². The molecule has 1 aliphatic rings. The van der Waals surface area contributed by atoms with Gasteiger partial charge in [-0.1, -0.05) is 18.2 Å². The maximum atomic E-state index is 14.4. The van der Waals surface area contributed by atoms with Gasteiger partial charge in [0.2, 0.25) is 6.79 Å². The van der Waals surface area contributed by atoms with Crippen molar-refractivity contribution in [2.75, 3.05) is 32.2 Å². The van der Waals surface area contributed by atoms with Crippen molar-refractivity contribution in [3.8, 4) is 0 Å². The lowest BCUT2D eigenvalue weighted by Gasteiger charge is -2.27. The number of aromatic nitrogens is 4. The van der Waals surface area contributed by atoms with Gasteiger partial charge < -0.3 is 19.8 Å². The minimum Gasteiger partial charge on any atom is -0.462 e. The third kappa shape index (κ3) is 7.33. The Bertz CT molecular complexity index is 1450. The number of halogens is 2. The van der Waals surface area contributed by atoms with Crippen LogP contribution in [0.3, 0.4) is 0 Å². The number of allylic oxidation sites excluding steroid dienone is 1. The molecule has 0 bridgehead atoms. The Labute approximate surface area is 239 Å². The summed E-state index contributed by atoms with van der Waals surface area (Å²) in [7, 11) is -3.96. The van der Waals surface area contributed by atoms with Crippen LogP contribution in [0.15, 0.2) is 36.3 Å². The van der Waals surface area contributed by atoms with Crippen molar-refractivity contribution in [1.82, 2.24) is 24.4 Å². The highest BCUT2D eigenvalue weighted by Crippen LogP contribution is 2.38. The van der Waals surface area contributed by atoms with E-state index in [1.54, 1.807) is 6.26 Å². The summed E-state index contributed by atoms with van der Waals surface area (Å²) in [5, 5.41) is 4.89. The molecule has 3 aromatic rings. The van der Waals surface area contributed by atoms with Crippen molar-refractivity contribution in [2.45, 2.75) is 45.2 Å². The molecule has 1 aliphatic heterocycles. The van der Waals surface area contributed by atoms with Crippen LogP contribution in [0.5, 0.6) is 0 Å². The summed E-state index contributed by atoms with van der Waals surface area (Å²) in [6, 6.07) is 8.03. The first-order valence-corrected chi connectivity index (χ1v) is 14.9. The molecule has 15 heteroatoms. The van der Waals surface area contributed by atoms with Crippen LogP contribution < -0.4 is 10.9 Å². The maximum Gasteiger partial charge on any atom is 0.333 e. The number of nitrogen functional groups attached to an aromatic ring is 1. The second-order valence-corrected chi connectivity index (χ2v) is 11.6. The summed E-state index contributed by atoms with van der Waals surface area (Å²) >= 11 is 2.26. The number of hydrogen-bond donors (Lipinski definition) is 2. The molecule has 0 aliphatic carbocycles. The number of unbranched alkanes of at least 4 members (excludes halogenated alkanes) is 1. The molecule has 2 aromatic heterocycles. The first-order valence-electron chi connectivity index (χ1n) is 12.3. The van der Waals surface area contributed by atoms with E-state index in [9.17, 15) is 12.8 Å². The van der Waals surface area contributed by atoms with Gasteiger partial charge in [0.25, 0.3) is 0 Å². The van der Waals surface area contributed by atoms with Crippen molar-refractivity contribution in [3.63, 3.8) is 0 Å². The fraction of sp³-hybridized carbons (Fsp3) is 0.458. The molecule has 0 saturated heterocycles. The van der Waals surface area contributed by atoms with Crippen molar-refractivity contribution in [1.29, 1.82) is 0 Å². The fourth-order valence-corrected chi connectivity index (χ4v) is 5.48. The number of imidazole rings is 1. The second kappa shape index (κ2) is 12.7. The van der Waals surface area contributed by atoms with Gasteiger partial charge in [-0.2, -0.15) is 22.8 Å². The van der Waals surface area contributed by atoms with Crippen LogP contribution in [0.4, 0.5) is 10.2 Å². The summed E-state index contributed by atoms with van der Waals surface area (Å²) < 4.78 is 55.0. The Balaban J connectivity index is 1.67. The van der Waals surface area contributed by atoms with Crippen LogP contribution >= 0.6 is 22.6 Å². The summed E-state index contributed by atoms with van der Waals surface area (Å²) in [4.78, 5) is 14.8. The molecule has 1 atom stereocenters. The van der Waals surface area contributed by atoms with Crippen LogP contribution in [-0.4, -0.2) is 65.4 Å². The van der Waals surface area contributed by atoms with Crippen LogP contribution in [-0.2, 0) is 30.5 Å². The number of nitrogens with two attached hydrogens (primary N) is 2. The molecule has 0 saturated carbocycles. The van der Waals surface area contributed by atoms with Gasteiger partial charge in [0.05, 0.1) is 6.61 Å². The van der Waals surface area contributed by atoms with Gasteiger partial charge >= 0.3 is 16.4 Å². The molecular weight excluding hydrogens is 644 g/mol. The van der Waals surface area contributed by atoms with E-state index < -0.39 is 22.3 Å². The minimum absolute atomic E-state index is 0.0190. The van der Waals surface area contributed by atoms with E-state index in [-0.39, 0.29) is 30.9 Å². The number of anilines is 1. The zero-order valence-corrected chi connectivity index (χ0v) is 24.6. The number of rotatable bonds is 13. The fourth-order valence-electron chi connectivity index (χ4n) is 4.43. The predicted molar refractivity (Wildman–Crippen MR) is 151 cm³/mol. The molecule has 212 valence electrons. The van der Waals surface area contributed by atoms with E-state index in [2.05, 4.69) is 55.5 Å². The average Bonchev–Trinajstić information content (AvgIpc) is 3.50. The molecular formula is C24H31FIN7O5S. The van der Waals surface area contributed by atoms with Gasteiger partial charge in [-0.05, 0) is 67.5 Å². The lowest BCUT2D eigenvalue weighted by Crippen LogP contribution is -2.35. The molecule has 0 spiro atoms. The van der Waals surface area contributed by atoms with E-state index in [0.717, 1.165) is 9.13 Å². The average molecular weight is 676 g/mol. The summed E-state index contributed by atoms with van der Waals surface area (Å²) in [6.07, 6.45) is 1.84. The van der Waals surface area contributed by atoms with E-state index >= 15 is 0 Å². The number of ether oxygens (including phenoxy) is 2. The summed E-state index contributed by atoms with van der Waals surface area (Å²) in [5.41, 5.74) is 7.61. The van der Waals surface area contributed by atoms with Gasteiger partial charge in [-0.25, -0.2) is 10.1 Å². The van der Waals surface area contributed by atoms with Gasteiger partial charge in [0.15, 0.2) is 17.0 Å². The molecule has 4 rings (SSSR count). The normalized spacial score (nSPS) is 14.6. The molecule has 1 unspecified atom stereocenters. The Kier molecular flexibility index (Phi) is 9.58. The van der Waals surface area contributed by atoms with E-state index in [4.69, 9.17) is 25.3 Å². The molecule has 4 N–H and O–H groups in total. The van der Waals surface area contributed by atoms with Gasteiger partial charge in [-0.3, -0.25) is 9.08 Å². The van der Waals surface area contributed by atoms with Crippen LogP contribution in [0.25, 0.3) is 11.2 Å². The number of nitrogens with zero attached hydrogens (tertiary/aromatic N) is 5. The zero-order chi connectivity index (χ0) is 28.2. The van der Waals surface area contributed by atoms with Crippen molar-refractivity contribution < 1.29 is 26.5 Å². The maximum absolute atomic E-state index is 14.4. The van der Waals surface area contributed by atoms with Crippen molar-refractivity contribution in [2.24, 2.45) is 5.14 Å². The molecule has 12 nitrogen and oxygen atoms in total. The molecule has 0 radical (unpaired) electrons. The Hall–Kier alpha value is -2.60. The lowest BCUT2D eigenvalue weighted by molar-refractivity contribution is 0.0764. The molecule has 39 heavy (non-hydrogen) atoms. The highest BCUT2D eigenvalue weighted by atomic mass is 127. The standard InChI is InChI=1S/C24H31FIN7O5S/c1-15(2)32(9-5-6-12-38-39(28,34)35)10-11-33-22(29-20-21(27)30-24(25)31-23(20)33)19(18-13-36-14-37-18)16-7-3-4-8-17(16)26/h3-4,7-8,13,15,19H,5-6,9-12,14H2,1-2H3,(H2,27,30,31)(H2,28,34,35).